The van der Waals surface area contributed by atoms with Crippen molar-refractivity contribution in [1.29, 1.82) is 0 Å². The molecule has 0 fully saturated rings. The summed E-state index contributed by atoms with van der Waals surface area (Å²) in [6.45, 7) is 14.1. The van der Waals surface area contributed by atoms with E-state index in [1.165, 1.54) is 19.3 Å². The van der Waals surface area contributed by atoms with Gasteiger partial charge in [0.2, 0.25) is 5.91 Å². The second kappa shape index (κ2) is 10.3. The molecule has 0 radical (unpaired) electrons. The molecule has 0 heterocycles. The number of carbonyl (C=O) groups is 1. The second-order valence-corrected chi connectivity index (χ2v) is 6.44. The fourth-order valence-corrected chi connectivity index (χ4v) is 2.63. The first-order chi connectivity index (χ1) is 8.93. The molecule has 0 aromatic rings. The van der Waals surface area contributed by atoms with Crippen LogP contribution >= 0.6 is 0 Å². The van der Waals surface area contributed by atoms with Gasteiger partial charge in [0.25, 0.3) is 0 Å². The summed E-state index contributed by atoms with van der Waals surface area (Å²) >= 11 is 0. The maximum Gasteiger partial charge on any atom is 0.222 e. The van der Waals surface area contributed by atoms with Crippen LogP contribution in [0.15, 0.2) is 0 Å². The monoisotopic (exact) mass is 269 g/mol. The van der Waals surface area contributed by atoms with Gasteiger partial charge in [-0.05, 0) is 24.7 Å². The Labute approximate surface area is 120 Å². The highest BCUT2D eigenvalue weighted by Crippen LogP contribution is 2.21. The van der Waals surface area contributed by atoms with Crippen LogP contribution in [0.5, 0.6) is 0 Å². The zero-order valence-electron chi connectivity index (χ0n) is 14.0. The molecule has 1 amide bonds. The van der Waals surface area contributed by atoms with Gasteiger partial charge in [0.15, 0.2) is 0 Å². The molecule has 114 valence electrons. The number of rotatable bonds is 10. The van der Waals surface area contributed by atoms with Gasteiger partial charge in [-0.15, -0.1) is 0 Å². The first-order valence-corrected chi connectivity index (χ1v) is 8.23. The molecule has 0 rings (SSSR count). The van der Waals surface area contributed by atoms with E-state index in [2.05, 4.69) is 39.5 Å². The van der Waals surface area contributed by atoms with Crippen molar-refractivity contribution in [2.45, 2.75) is 86.1 Å². The van der Waals surface area contributed by atoms with Crippen molar-refractivity contribution in [1.82, 2.24) is 4.90 Å². The van der Waals surface area contributed by atoms with Gasteiger partial charge in [-0.2, -0.15) is 0 Å². The summed E-state index contributed by atoms with van der Waals surface area (Å²) in [7, 11) is 0. The minimum atomic E-state index is 0.329. The van der Waals surface area contributed by atoms with Gasteiger partial charge >= 0.3 is 0 Å². The Morgan fingerprint density at radius 3 is 2.05 bits per heavy atom. The van der Waals surface area contributed by atoms with Crippen molar-refractivity contribution in [3.8, 4) is 0 Å². The molecule has 0 aliphatic rings. The zero-order valence-corrected chi connectivity index (χ0v) is 14.0. The molecule has 1 atom stereocenters. The van der Waals surface area contributed by atoms with Gasteiger partial charge in [-0.1, -0.05) is 60.8 Å². The Balaban J connectivity index is 4.62. The molecule has 0 saturated heterocycles. The first-order valence-electron chi connectivity index (χ1n) is 8.23. The van der Waals surface area contributed by atoms with Gasteiger partial charge in [-0.25, -0.2) is 0 Å². The molecule has 0 N–H and O–H groups in total. The molecule has 1 unspecified atom stereocenters. The summed E-state index contributed by atoms with van der Waals surface area (Å²) in [6.07, 6.45) is 6.69. The Bertz CT molecular complexity index is 235. The van der Waals surface area contributed by atoms with Crippen molar-refractivity contribution in [3.63, 3.8) is 0 Å². The molecule has 0 aromatic heterocycles. The van der Waals surface area contributed by atoms with Gasteiger partial charge < -0.3 is 4.90 Å². The molecule has 0 aromatic carbocycles. The number of carbonyl (C=O) groups excluding carboxylic acids is 1. The van der Waals surface area contributed by atoms with Crippen LogP contribution in [0, 0.1) is 11.8 Å². The smallest absolute Gasteiger partial charge is 0.222 e. The summed E-state index contributed by atoms with van der Waals surface area (Å²) in [5, 5.41) is 0. The Kier molecular flexibility index (Phi) is 9.99. The molecule has 0 spiro atoms. The quantitative estimate of drug-likeness (QED) is 0.518. The predicted octanol–water partition coefficient (Wildman–Crippen LogP) is 4.88. The van der Waals surface area contributed by atoms with Gasteiger partial charge in [0.05, 0.1) is 0 Å². The highest BCUT2D eigenvalue weighted by Gasteiger charge is 2.25. The average Bonchev–Trinajstić information content (AvgIpc) is 2.35. The summed E-state index contributed by atoms with van der Waals surface area (Å²) in [5.41, 5.74) is 0. The number of nitrogens with zero attached hydrogens (tertiary/aromatic N) is 1. The third kappa shape index (κ3) is 7.59. The van der Waals surface area contributed by atoms with Crippen LogP contribution in [0.25, 0.3) is 0 Å². The standard InChI is InChI=1S/C17H35NO/c1-7-9-10-11-12-18(17(19)8-2)16(15(5)6)13-14(3)4/h14-16H,7-13H2,1-6H3. The lowest BCUT2D eigenvalue weighted by Crippen LogP contribution is -2.44. The van der Waals surface area contributed by atoms with Gasteiger partial charge in [-0.3, -0.25) is 4.79 Å². The SMILES string of the molecule is CCCCCCN(C(=O)CC)C(CC(C)C)C(C)C. The molecule has 0 aliphatic carbocycles. The summed E-state index contributed by atoms with van der Waals surface area (Å²) in [4.78, 5) is 14.4. The van der Waals surface area contributed by atoms with E-state index < -0.39 is 0 Å². The van der Waals surface area contributed by atoms with E-state index in [1.807, 2.05) is 6.92 Å². The zero-order chi connectivity index (χ0) is 14.8. The Hall–Kier alpha value is -0.530. The fraction of sp³-hybridized carbons (Fsp3) is 0.941. The molecule has 2 nitrogen and oxygen atoms in total. The van der Waals surface area contributed by atoms with Crippen molar-refractivity contribution < 1.29 is 4.79 Å². The minimum Gasteiger partial charge on any atom is -0.339 e. The highest BCUT2D eigenvalue weighted by molar-refractivity contribution is 5.76. The summed E-state index contributed by atoms with van der Waals surface area (Å²) in [5.74, 6) is 1.52. The van der Waals surface area contributed by atoms with Gasteiger partial charge in [0, 0.05) is 19.0 Å². The minimum absolute atomic E-state index is 0.329. The average molecular weight is 269 g/mol. The summed E-state index contributed by atoms with van der Waals surface area (Å²) < 4.78 is 0. The number of hydrogen-bond donors (Lipinski definition) is 0. The number of unbranched alkanes of at least 4 members (excludes halogenated alkanes) is 3. The first kappa shape index (κ1) is 18.5. The van der Waals surface area contributed by atoms with Crippen LogP contribution in [0.3, 0.4) is 0 Å². The predicted molar refractivity (Wildman–Crippen MR) is 84.2 cm³/mol. The lowest BCUT2D eigenvalue weighted by molar-refractivity contribution is -0.134. The van der Waals surface area contributed by atoms with Crippen molar-refractivity contribution >= 4 is 5.91 Å². The van der Waals surface area contributed by atoms with E-state index in [0.717, 1.165) is 19.4 Å². The molecule has 19 heavy (non-hydrogen) atoms. The Morgan fingerprint density at radius 2 is 1.63 bits per heavy atom. The lowest BCUT2D eigenvalue weighted by atomic mass is 9.92. The van der Waals surface area contributed by atoms with E-state index in [-0.39, 0.29) is 0 Å². The van der Waals surface area contributed by atoms with E-state index in [0.29, 0.717) is 30.2 Å². The normalized spacial score (nSPS) is 13.1. The van der Waals surface area contributed by atoms with Crippen LogP contribution in [-0.2, 0) is 4.79 Å². The van der Waals surface area contributed by atoms with Crippen molar-refractivity contribution in [3.05, 3.63) is 0 Å². The largest absolute Gasteiger partial charge is 0.339 e. The van der Waals surface area contributed by atoms with Crippen LogP contribution in [-0.4, -0.2) is 23.4 Å². The molecule has 0 saturated carbocycles. The number of hydrogen-bond acceptors (Lipinski definition) is 1. The molecular formula is C17H35NO. The maximum absolute atomic E-state index is 12.2. The third-order valence-corrected chi connectivity index (χ3v) is 3.76. The van der Waals surface area contributed by atoms with Crippen LogP contribution in [0.4, 0.5) is 0 Å². The van der Waals surface area contributed by atoms with Gasteiger partial charge in [0.1, 0.15) is 0 Å². The molecule has 2 heteroatoms. The second-order valence-electron chi connectivity index (χ2n) is 6.44. The van der Waals surface area contributed by atoms with E-state index in [4.69, 9.17) is 0 Å². The Morgan fingerprint density at radius 1 is 1.00 bits per heavy atom. The van der Waals surface area contributed by atoms with Crippen LogP contribution in [0.1, 0.15) is 80.1 Å². The number of amides is 1. The van der Waals surface area contributed by atoms with Crippen molar-refractivity contribution in [2.24, 2.45) is 11.8 Å². The van der Waals surface area contributed by atoms with Crippen LogP contribution < -0.4 is 0 Å². The van der Waals surface area contributed by atoms with Crippen molar-refractivity contribution in [2.75, 3.05) is 6.54 Å². The topological polar surface area (TPSA) is 20.3 Å². The molecule has 0 bridgehead atoms. The molecule has 0 aliphatic heterocycles. The van der Waals surface area contributed by atoms with E-state index in [9.17, 15) is 4.79 Å². The summed E-state index contributed by atoms with van der Waals surface area (Å²) in [6, 6.07) is 0.411. The fourth-order valence-electron chi connectivity index (χ4n) is 2.63. The highest BCUT2D eigenvalue weighted by atomic mass is 16.2. The van der Waals surface area contributed by atoms with E-state index >= 15 is 0 Å². The van der Waals surface area contributed by atoms with E-state index in [1.54, 1.807) is 0 Å². The van der Waals surface area contributed by atoms with Crippen LogP contribution in [0.2, 0.25) is 0 Å². The lowest BCUT2D eigenvalue weighted by Gasteiger charge is -2.36. The molecular weight excluding hydrogens is 234 g/mol. The maximum atomic E-state index is 12.2. The third-order valence-electron chi connectivity index (χ3n) is 3.76.